The van der Waals surface area contributed by atoms with E-state index < -0.39 is 6.10 Å². The van der Waals surface area contributed by atoms with E-state index in [9.17, 15) is 5.11 Å². The zero-order valence-electron chi connectivity index (χ0n) is 12.4. The highest BCUT2D eigenvalue weighted by Crippen LogP contribution is 2.25. The molecule has 5 nitrogen and oxygen atoms in total. The molecule has 0 saturated heterocycles. The summed E-state index contributed by atoms with van der Waals surface area (Å²) in [6, 6.07) is 11.4. The lowest BCUT2D eigenvalue weighted by atomic mass is 10.2. The number of ether oxygens (including phenoxy) is 1. The first-order valence-corrected chi connectivity index (χ1v) is 8.20. The molecule has 2 heterocycles. The summed E-state index contributed by atoms with van der Waals surface area (Å²) >= 11 is 1.61. The summed E-state index contributed by atoms with van der Waals surface area (Å²) in [5, 5.41) is 17.2. The molecule has 0 aliphatic carbocycles. The van der Waals surface area contributed by atoms with Crippen LogP contribution in [-0.2, 0) is 0 Å². The molecule has 1 aromatic carbocycles. The van der Waals surface area contributed by atoms with E-state index in [4.69, 9.17) is 4.74 Å². The number of aliphatic hydroxyl groups is 1. The fourth-order valence-corrected chi connectivity index (χ4v) is 2.70. The van der Waals surface area contributed by atoms with Crippen molar-refractivity contribution in [1.82, 2.24) is 9.97 Å². The van der Waals surface area contributed by atoms with Gasteiger partial charge < -0.3 is 15.2 Å². The monoisotopic (exact) mass is 327 g/mol. The zero-order chi connectivity index (χ0) is 15.9. The fourth-order valence-electron chi connectivity index (χ4n) is 2.06. The van der Waals surface area contributed by atoms with Crippen molar-refractivity contribution in [2.24, 2.45) is 0 Å². The third-order valence-electron chi connectivity index (χ3n) is 3.18. The second kappa shape index (κ2) is 7.71. The van der Waals surface area contributed by atoms with Crippen molar-refractivity contribution in [3.8, 4) is 17.0 Å². The maximum absolute atomic E-state index is 10.1. The number of hydrogen-bond acceptors (Lipinski definition) is 6. The Bertz CT molecular complexity index is 720. The summed E-state index contributed by atoms with van der Waals surface area (Å²) in [5.41, 5.74) is 1.80. The quantitative estimate of drug-likeness (QED) is 0.698. The van der Waals surface area contributed by atoms with Crippen LogP contribution in [0.1, 0.15) is 0 Å². The van der Waals surface area contributed by atoms with E-state index in [-0.39, 0.29) is 6.61 Å². The second-order valence-corrected chi connectivity index (χ2v) is 5.70. The van der Waals surface area contributed by atoms with Gasteiger partial charge in [0.25, 0.3) is 0 Å². The Morgan fingerprint density at radius 2 is 1.96 bits per heavy atom. The molecule has 0 aliphatic rings. The molecular weight excluding hydrogens is 310 g/mol. The van der Waals surface area contributed by atoms with Crippen LogP contribution in [-0.4, -0.2) is 34.3 Å². The Kier molecular flexibility index (Phi) is 5.18. The van der Waals surface area contributed by atoms with Gasteiger partial charge in [-0.2, -0.15) is 11.3 Å². The average molecular weight is 327 g/mol. The molecule has 0 radical (unpaired) electrons. The number of aliphatic hydroxyl groups excluding tert-OH is 1. The van der Waals surface area contributed by atoms with E-state index in [1.54, 1.807) is 23.7 Å². The third kappa shape index (κ3) is 4.28. The molecule has 6 heteroatoms. The maximum atomic E-state index is 10.1. The Balaban J connectivity index is 1.56. The molecular formula is C17H17N3O2S. The second-order valence-electron chi connectivity index (χ2n) is 4.92. The highest BCUT2D eigenvalue weighted by molar-refractivity contribution is 7.08. The van der Waals surface area contributed by atoms with Gasteiger partial charge in [-0.1, -0.05) is 18.2 Å². The minimum atomic E-state index is -0.646. The van der Waals surface area contributed by atoms with Gasteiger partial charge in [0.2, 0.25) is 0 Å². The number of para-hydroxylation sites is 1. The Hall–Kier alpha value is -2.44. The smallest absolute Gasteiger partial charge is 0.152 e. The lowest BCUT2D eigenvalue weighted by Gasteiger charge is -2.14. The number of rotatable bonds is 7. The number of anilines is 1. The molecule has 0 saturated carbocycles. The molecule has 0 amide bonds. The minimum absolute atomic E-state index is 0.213. The van der Waals surface area contributed by atoms with Crippen LogP contribution in [0.4, 0.5) is 5.82 Å². The first-order valence-electron chi connectivity index (χ1n) is 7.26. The van der Waals surface area contributed by atoms with Gasteiger partial charge >= 0.3 is 0 Å². The van der Waals surface area contributed by atoms with Crippen LogP contribution in [0.5, 0.6) is 5.75 Å². The van der Waals surface area contributed by atoms with Gasteiger partial charge in [0.1, 0.15) is 24.2 Å². The summed E-state index contributed by atoms with van der Waals surface area (Å²) in [7, 11) is 0. The number of benzene rings is 1. The standard InChI is InChI=1S/C17H17N3O2S/c21-14(11-22-15-4-2-1-3-5-15)10-20-17-16(18-7-8-19-17)13-6-9-23-12-13/h1-9,12,14,21H,10-11H2,(H,19,20). The van der Waals surface area contributed by atoms with E-state index in [0.717, 1.165) is 17.0 Å². The van der Waals surface area contributed by atoms with Gasteiger partial charge in [0.05, 0.1) is 0 Å². The van der Waals surface area contributed by atoms with Crippen molar-refractivity contribution in [2.45, 2.75) is 6.10 Å². The lowest BCUT2D eigenvalue weighted by molar-refractivity contribution is 0.117. The van der Waals surface area contributed by atoms with Crippen LogP contribution in [0.3, 0.4) is 0 Å². The van der Waals surface area contributed by atoms with Crippen molar-refractivity contribution in [1.29, 1.82) is 0 Å². The van der Waals surface area contributed by atoms with E-state index in [1.165, 1.54) is 0 Å². The predicted octanol–water partition coefficient (Wildman–Crippen LogP) is 3.06. The van der Waals surface area contributed by atoms with Crippen LogP contribution >= 0.6 is 11.3 Å². The summed E-state index contributed by atoms with van der Waals surface area (Å²) < 4.78 is 5.53. The molecule has 23 heavy (non-hydrogen) atoms. The predicted molar refractivity (Wildman–Crippen MR) is 91.8 cm³/mol. The van der Waals surface area contributed by atoms with Gasteiger partial charge in [0.15, 0.2) is 5.82 Å². The van der Waals surface area contributed by atoms with Crippen LogP contribution < -0.4 is 10.1 Å². The fraction of sp³-hybridized carbons (Fsp3) is 0.176. The summed E-state index contributed by atoms with van der Waals surface area (Å²) in [6.07, 6.45) is 2.64. The molecule has 2 N–H and O–H groups in total. The SMILES string of the molecule is OC(CNc1nccnc1-c1ccsc1)COc1ccccc1. The molecule has 2 aromatic heterocycles. The van der Waals surface area contributed by atoms with Gasteiger partial charge in [-0.25, -0.2) is 4.98 Å². The Morgan fingerprint density at radius 1 is 1.13 bits per heavy atom. The molecule has 0 aliphatic heterocycles. The number of nitrogens with zero attached hydrogens (tertiary/aromatic N) is 2. The highest BCUT2D eigenvalue weighted by atomic mass is 32.1. The van der Waals surface area contributed by atoms with Crippen molar-refractivity contribution in [2.75, 3.05) is 18.5 Å². The summed E-state index contributed by atoms with van der Waals surface area (Å²) in [6.45, 7) is 0.549. The van der Waals surface area contributed by atoms with E-state index in [2.05, 4.69) is 15.3 Å². The van der Waals surface area contributed by atoms with Crippen molar-refractivity contribution in [3.05, 3.63) is 59.6 Å². The van der Waals surface area contributed by atoms with E-state index in [0.29, 0.717) is 12.4 Å². The zero-order valence-corrected chi connectivity index (χ0v) is 13.2. The first-order chi connectivity index (χ1) is 11.3. The number of hydrogen-bond donors (Lipinski definition) is 2. The number of nitrogens with one attached hydrogen (secondary N) is 1. The van der Waals surface area contributed by atoms with Gasteiger partial charge in [-0.15, -0.1) is 0 Å². The largest absolute Gasteiger partial charge is 0.491 e. The molecule has 1 atom stereocenters. The Labute approximate surface area is 138 Å². The van der Waals surface area contributed by atoms with Crippen molar-refractivity contribution < 1.29 is 9.84 Å². The normalized spacial score (nSPS) is 11.9. The number of thiophene rings is 1. The topological polar surface area (TPSA) is 67.3 Å². The molecule has 0 bridgehead atoms. The third-order valence-corrected chi connectivity index (χ3v) is 3.87. The van der Waals surface area contributed by atoms with E-state index >= 15 is 0 Å². The van der Waals surface area contributed by atoms with Crippen molar-refractivity contribution >= 4 is 17.2 Å². The molecule has 3 rings (SSSR count). The molecule has 0 spiro atoms. The molecule has 3 aromatic rings. The first kappa shape index (κ1) is 15.5. The lowest BCUT2D eigenvalue weighted by Crippen LogP contribution is -2.26. The highest BCUT2D eigenvalue weighted by Gasteiger charge is 2.11. The Morgan fingerprint density at radius 3 is 2.74 bits per heavy atom. The van der Waals surface area contributed by atoms with Crippen molar-refractivity contribution in [3.63, 3.8) is 0 Å². The number of aromatic nitrogens is 2. The van der Waals surface area contributed by atoms with Crippen LogP contribution in [0, 0.1) is 0 Å². The molecule has 118 valence electrons. The molecule has 1 unspecified atom stereocenters. The summed E-state index contributed by atoms with van der Waals surface area (Å²) in [4.78, 5) is 8.67. The van der Waals surface area contributed by atoms with Gasteiger partial charge in [-0.05, 0) is 23.6 Å². The maximum Gasteiger partial charge on any atom is 0.152 e. The van der Waals surface area contributed by atoms with Gasteiger partial charge in [0, 0.05) is 29.9 Å². The average Bonchev–Trinajstić information content (AvgIpc) is 3.14. The van der Waals surface area contributed by atoms with Gasteiger partial charge in [-0.3, -0.25) is 4.98 Å². The van der Waals surface area contributed by atoms with Crippen LogP contribution in [0.2, 0.25) is 0 Å². The summed E-state index contributed by atoms with van der Waals surface area (Å²) in [5.74, 6) is 1.40. The van der Waals surface area contributed by atoms with Crippen LogP contribution in [0.25, 0.3) is 11.3 Å². The molecule has 0 fully saturated rings. The van der Waals surface area contributed by atoms with Crippen LogP contribution in [0.15, 0.2) is 59.6 Å². The van der Waals surface area contributed by atoms with E-state index in [1.807, 2.05) is 47.2 Å². The minimum Gasteiger partial charge on any atom is -0.491 e.